The maximum Gasteiger partial charge on any atom is 0.0489 e. The van der Waals surface area contributed by atoms with Crippen molar-refractivity contribution in [3.8, 4) is 0 Å². The first-order valence-electron chi connectivity index (χ1n) is 4.14. The van der Waals surface area contributed by atoms with E-state index in [1.54, 1.807) is 0 Å². The van der Waals surface area contributed by atoms with Crippen molar-refractivity contribution in [2.45, 2.75) is 6.92 Å². The van der Waals surface area contributed by atoms with Gasteiger partial charge in [-0.1, -0.05) is 0 Å². The van der Waals surface area contributed by atoms with Crippen molar-refractivity contribution in [3.63, 3.8) is 0 Å². The zero-order chi connectivity index (χ0) is 9.84. The third-order valence-corrected chi connectivity index (χ3v) is 2.47. The number of rotatable bonds is 3. The smallest absolute Gasteiger partial charge is 0.0489 e. The highest BCUT2D eigenvalue weighted by atomic mass is 79.9. The van der Waals surface area contributed by atoms with Gasteiger partial charge in [0.05, 0.1) is 0 Å². The summed E-state index contributed by atoms with van der Waals surface area (Å²) in [6, 6.07) is 3.91. The van der Waals surface area contributed by atoms with Gasteiger partial charge in [0.2, 0.25) is 0 Å². The SMILES string of the molecule is Cc1cc(NCCN)c(Br)cc1N. The number of benzene rings is 1. The first kappa shape index (κ1) is 10.3. The summed E-state index contributed by atoms with van der Waals surface area (Å²) in [6.45, 7) is 3.37. The number of aryl methyl sites for hydroxylation is 1. The van der Waals surface area contributed by atoms with Gasteiger partial charge in [0.25, 0.3) is 0 Å². The van der Waals surface area contributed by atoms with E-state index in [1.165, 1.54) is 0 Å². The number of hydrogen-bond acceptors (Lipinski definition) is 3. The van der Waals surface area contributed by atoms with Gasteiger partial charge in [-0.05, 0) is 40.5 Å². The molecule has 3 nitrogen and oxygen atoms in total. The summed E-state index contributed by atoms with van der Waals surface area (Å²) < 4.78 is 0.976. The molecule has 0 fully saturated rings. The van der Waals surface area contributed by atoms with Gasteiger partial charge >= 0.3 is 0 Å². The monoisotopic (exact) mass is 243 g/mol. The lowest BCUT2D eigenvalue weighted by Gasteiger charge is -2.09. The van der Waals surface area contributed by atoms with Crippen LogP contribution >= 0.6 is 15.9 Å². The van der Waals surface area contributed by atoms with Crippen LogP contribution in [0.4, 0.5) is 11.4 Å². The third-order valence-electron chi connectivity index (χ3n) is 1.82. The van der Waals surface area contributed by atoms with Crippen LogP contribution in [0.5, 0.6) is 0 Å². The molecule has 0 aliphatic heterocycles. The summed E-state index contributed by atoms with van der Waals surface area (Å²) in [7, 11) is 0. The Morgan fingerprint density at radius 3 is 2.77 bits per heavy atom. The molecular weight excluding hydrogens is 230 g/mol. The lowest BCUT2D eigenvalue weighted by Crippen LogP contribution is -2.13. The van der Waals surface area contributed by atoms with E-state index in [4.69, 9.17) is 11.5 Å². The fraction of sp³-hybridized carbons (Fsp3) is 0.333. The Labute approximate surface area is 86.6 Å². The normalized spacial score (nSPS) is 10.1. The summed E-state index contributed by atoms with van der Waals surface area (Å²) in [5.74, 6) is 0. The average Bonchev–Trinajstić information content (AvgIpc) is 2.09. The second-order valence-electron chi connectivity index (χ2n) is 2.90. The van der Waals surface area contributed by atoms with E-state index in [2.05, 4.69) is 21.2 Å². The molecule has 0 aliphatic carbocycles. The molecule has 0 bridgehead atoms. The number of nitrogen functional groups attached to an aromatic ring is 1. The predicted octanol–water partition coefficient (Wildman–Crippen LogP) is 1.71. The quantitative estimate of drug-likeness (QED) is 0.709. The average molecular weight is 244 g/mol. The van der Waals surface area contributed by atoms with E-state index >= 15 is 0 Å². The summed E-state index contributed by atoms with van der Waals surface area (Å²) in [5, 5.41) is 3.20. The van der Waals surface area contributed by atoms with Crippen LogP contribution < -0.4 is 16.8 Å². The Morgan fingerprint density at radius 1 is 1.46 bits per heavy atom. The molecule has 13 heavy (non-hydrogen) atoms. The highest BCUT2D eigenvalue weighted by Crippen LogP contribution is 2.27. The molecule has 0 unspecified atom stereocenters. The molecule has 0 amide bonds. The highest BCUT2D eigenvalue weighted by Gasteiger charge is 2.01. The molecule has 4 heteroatoms. The Hall–Kier alpha value is -0.740. The molecule has 1 rings (SSSR count). The number of nitrogens with two attached hydrogens (primary N) is 2. The number of nitrogens with one attached hydrogen (secondary N) is 1. The zero-order valence-electron chi connectivity index (χ0n) is 7.60. The van der Waals surface area contributed by atoms with Crippen molar-refractivity contribution in [3.05, 3.63) is 22.2 Å². The van der Waals surface area contributed by atoms with Gasteiger partial charge in [0.1, 0.15) is 0 Å². The van der Waals surface area contributed by atoms with Crippen LogP contribution in [0.15, 0.2) is 16.6 Å². The molecule has 0 radical (unpaired) electrons. The molecular formula is C9H14BrN3. The van der Waals surface area contributed by atoms with Crippen molar-refractivity contribution in [1.29, 1.82) is 0 Å². The Balaban J connectivity index is 2.88. The van der Waals surface area contributed by atoms with Crippen LogP contribution in [-0.2, 0) is 0 Å². The highest BCUT2D eigenvalue weighted by molar-refractivity contribution is 9.10. The second-order valence-corrected chi connectivity index (χ2v) is 3.76. The van der Waals surface area contributed by atoms with Gasteiger partial charge < -0.3 is 16.8 Å². The van der Waals surface area contributed by atoms with Gasteiger partial charge in [0, 0.05) is 28.9 Å². The first-order valence-corrected chi connectivity index (χ1v) is 4.94. The van der Waals surface area contributed by atoms with Crippen LogP contribution in [0.3, 0.4) is 0 Å². The molecule has 0 saturated carbocycles. The van der Waals surface area contributed by atoms with E-state index in [-0.39, 0.29) is 0 Å². The molecule has 0 spiro atoms. The van der Waals surface area contributed by atoms with E-state index in [9.17, 15) is 0 Å². The molecule has 72 valence electrons. The molecule has 5 N–H and O–H groups in total. The van der Waals surface area contributed by atoms with Crippen LogP contribution in [0.25, 0.3) is 0 Å². The number of halogens is 1. The molecule has 1 aromatic rings. The molecule has 0 heterocycles. The predicted molar refractivity (Wildman–Crippen MR) is 60.8 cm³/mol. The van der Waals surface area contributed by atoms with Crippen molar-refractivity contribution in [1.82, 2.24) is 0 Å². The number of hydrogen-bond donors (Lipinski definition) is 3. The Kier molecular flexibility index (Phi) is 3.57. The van der Waals surface area contributed by atoms with E-state index in [1.807, 2.05) is 19.1 Å². The summed E-state index contributed by atoms with van der Waals surface area (Å²) in [5.41, 5.74) is 14.0. The topological polar surface area (TPSA) is 64.1 Å². The van der Waals surface area contributed by atoms with E-state index in [0.29, 0.717) is 6.54 Å². The summed E-state index contributed by atoms with van der Waals surface area (Å²) in [6.07, 6.45) is 0. The fourth-order valence-electron chi connectivity index (χ4n) is 1.04. The number of anilines is 2. The summed E-state index contributed by atoms with van der Waals surface area (Å²) in [4.78, 5) is 0. The van der Waals surface area contributed by atoms with Crippen LogP contribution in [0, 0.1) is 6.92 Å². The molecule has 0 saturated heterocycles. The van der Waals surface area contributed by atoms with Gasteiger partial charge in [-0.2, -0.15) is 0 Å². The van der Waals surface area contributed by atoms with Crippen LogP contribution in [0.2, 0.25) is 0 Å². The van der Waals surface area contributed by atoms with Gasteiger partial charge in [-0.15, -0.1) is 0 Å². The molecule has 0 aromatic heterocycles. The summed E-state index contributed by atoms with van der Waals surface area (Å²) >= 11 is 3.43. The van der Waals surface area contributed by atoms with Gasteiger partial charge in [-0.25, -0.2) is 0 Å². The Morgan fingerprint density at radius 2 is 2.15 bits per heavy atom. The van der Waals surface area contributed by atoms with E-state index < -0.39 is 0 Å². The van der Waals surface area contributed by atoms with Crippen LogP contribution in [-0.4, -0.2) is 13.1 Å². The molecule has 0 aliphatic rings. The maximum atomic E-state index is 5.74. The van der Waals surface area contributed by atoms with Crippen molar-refractivity contribution >= 4 is 27.3 Å². The molecule has 0 atom stereocenters. The Bertz CT molecular complexity index is 299. The standard InChI is InChI=1S/C9H14BrN3/c1-6-4-9(13-3-2-11)7(10)5-8(6)12/h4-5,13H,2-3,11-12H2,1H3. The lowest BCUT2D eigenvalue weighted by molar-refractivity contribution is 1.02. The minimum absolute atomic E-state index is 0.621. The molecule has 1 aromatic carbocycles. The van der Waals surface area contributed by atoms with Gasteiger partial charge in [0.15, 0.2) is 0 Å². The third kappa shape index (κ3) is 2.60. The maximum absolute atomic E-state index is 5.74. The van der Waals surface area contributed by atoms with Crippen molar-refractivity contribution < 1.29 is 0 Å². The van der Waals surface area contributed by atoms with Crippen molar-refractivity contribution in [2.24, 2.45) is 5.73 Å². The fourth-order valence-corrected chi connectivity index (χ4v) is 1.54. The minimum atomic E-state index is 0.621. The zero-order valence-corrected chi connectivity index (χ0v) is 9.19. The first-order chi connectivity index (χ1) is 6.15. The lowest BCUT2D eigenvalue weighted by atomic mass is 10.2. The van der Waals surface area contributed by atoms with E-state index in [0.717, 1.165) is 28.0 Å². The largest absolute Gasteiger partial charge is 0.398 e. The minimum Gasteiger partial charge on any atom is -0.398 e. The second kappa shape index (κ2) is 4.48. The van der Waals surface area contributed by atoms with Gasteiger partial charge in [-0.3, -0.25) is 0 Å². The van der Waals surface area contributed by atoms with Crippen LogP contribution in [0.1, 0.15) is 5.56 Å². The van der Waals surface area contributed by atoms with Crippen molar-refractivity contribution in [2.75, 3.05) is 24.1 Å².